The molecule has 0 amide bonds. The largest absolute Gasteiger partial charge is 0.301 e. The molecular formula is C14H25N3O. The summed E-state index contributed by atoms with van der Waals surface area (Å²) in [7, 11) is 0. The molecule has 0 heterocycles. The molecule has 0 spiro atoms. The molecule has 4 nitrogen and oxygen atoms in total. The SMILES string of the molecule is C=NCCCCCC(CCCCCN=C=O)N=C. The second kappa shape index (κ2) is 13.8. The van der Waals surface area contributed by atoms with Crippen molar-refractivity contribution < 1.29 is 4.79 Å². The van der Waals surface area contributed by atoms with E-state index < -0.39 is 0 Å². The van der Waals surface area contributed by atoms with Crippen molar-refractivity contribution >= 4 is 19.5 Å². The Hall–Kier alpha value is -1.28. The van der Waals surface area contributed by atoms with Crippen LogP contribution in [-0.2, 0) is 4.79 Å². The highest BCUT2D eigenvalue weighted by atomic mass is 16.1. The summed E-state index contributed by atoms with van der Waals surface area (Å²) in [6.07, 6.45) is 10.5. The predicted octanol–water partition coefficient (Wildman–Crippen LogP) is 3.21. The maximum atomic E-state index is 9.86. The summed E-state index contributed by atoms with van der Waals surface area (Å²) in [6, 6.07) is 0.385. The van der Waals surface area contributed by atoms with Crippen LogP contribution in [0.4, 0.5) is 0 Å². The van der Waals surface area contributed by atoms with Crippen LogP contribution in [0.3, 0.4) is 0 Å². The average molecular weight is 251 g/mol. The highest BCUT2D eigenvalue weighted by Gasteiger charge is 2.04. The van der Waals surface area contributed by atoms with Crippen LogP contribution in [0.5, 0.6) is 0 Å². The molecule has 18 heavy (non-hydrogen) atoms. The van der Waals surface area contributed by atoms with Crippen LogP contribution in [0.1, 0.15) is 51.4 Å². The van der Waals surface area contributed by atoms with Gasteiger partial charge in [0, 0.05) is 12.6 Å². The first-order valence-electron chi connectivity index (χ1n) is 6.77. The minimum Gasteiger partial charge on any atom is -0.301 e. The average Bonchev–Trinajstić information content (AvgIpc) is 2.40. The Labute approximate surface area is 110 Å². The molecule has 0 fully saturated rings. The highest BCUT2D eigenvalue weighted by Crippen LogP contribution is 2.13. The van der Waals surface area contributed by atoms with Crippen molar-refractivity contribution in [2.45, 2.75) is 57.4 Å². The van der Waals surface area contributed by atoms with E-state index in [4.69, 9.17) is 0 Å². The monoisotopic (exact) mass is 251 g/mol. The van der Waals surface area contributed by atoms with E-state index in [1.54, 1.807) is 6.08 Å². The van der Waals surface area contributed by atoms with Gasteiger partial charge in [-0.1, -0.05) is 25.7 Å². The van der Waals surface area contributed by atoms with E-state index in [0.29, 0.717) is 12.6 Å². The third-order valence-corrected chi connectivity index (χ3v) is 2.98. The van der Waals surface area contributed by atoms with Gasteiger partial charge in [-0.15, -0.1) is 0 Å². The van der Waals surface area contributed by atoms with E-state index in [1.807, 2.05) is 0 Å². The zero-order valence-corrected chi connectivity index (χ0v) is 11.3. The van der Waals surface area contributed by atoms with Crippen molar-refractivity contribution in [3.05, 3.63) is 0 Å². The normalized spacial score (nSPS) is 11.6. The molecule has 0 aliphatic rings. The molecule has 0 aromatic heterocycles. The summed E-state index contributed by atoms with van der Waals surface area (Å²) in [5, 5.41) is 0. The van der Waals surface area contributed by atoms with Crippen LogP contribution in [0, 0.1) is 0 Å². The van der Waals surface area contributed by atoms with Gasteiger partial charge in [0.15, 0.2) is 0 Å². The molecule has 0 rings (SSSR count). The van der Waals surface area contributed by atoms with Crippen LogP contribution < -0.4 is 0 Å². The van der Waals surface area contributed by atoms with Crippen molar-refractivity contribution in [1.29, 1.82) is 0 Å². The van der Waals surface area contributed by atoms with Gasteiger partial charge in [-0.05, 0) is 39.1 Å². The number of hydrogen-bond donors (Lipinski definition) is 0. The van der Waals surface area contributed by atoms with Crippen LogP contribution in [0.25, 0.3) is 0 Å². The van der Waals surface area contributed by atoms with Crippen molar-refractivity contribution in [1.82, 2.24) is 0 Å². The Morgan fingerprint density at radius 2 is 1.50 bits per heavy atom. The molecule has 102 valence electrons. The molecule has 1 unspecified atom stereocenters. The fourth-order valence-corrected chi connectivity index (χ4v) is 1.90. The lowest BCUT2D eigenvalue weighted by Gasteiger charge is -2.11. The third kappa shape index (κ3) is 11.2. The van der Waals surface area contributed by atoms with E-state index in [-0.39, 0.29) is 0 Å². The van der Waals surface area contributed by atoms with Crippen molar-refractivity contribution in [3.63, 3.8) is 0 Å². The predicted molar refractivity (Wildman–Crippen MR) is 77.7 cm³/mol. The molecular weight excluding hydrogens is 226 g/mol. The molecule has 0 N–H and O–H groups in total. The van der Waals surface area contributed by atoms with Gasteiger partial charge in [0.2, 0.25) is 6.08 Å². The number of carbonyl (C=O) groups excluding carboxylic acids is 1. The molecule has 0 aromatic carbocycles. The van der Waals surface area contributed by atoms with Crippen molar-refractivity contribution in [3.8, 4) is 0 Å². The number of unbranched alkanes of at least 4 members (excludes halogenated alkanes) is 4. The van der Waals surface area contributed by atoms with Crippen LogP contribution >= 0.6 is 0 Å². The van der Waals surface area contributed by atoms with Crippen molar-refractivity contribution in [2.24, 2.45) is 15.0 Å². The van der Waals surface area contributed by atoms with Crippen LogP contribution in [0.15, 0.2) is 15.0 Å². The Bertz CT molecular complexity index is 260. The lowest BCUT2D eigenvalue weighted by atomic mass is 10.0. The number of aliphatic imine (C=N–C) groups is 3. The van der Waals surface area contributed by atoms with Crippen LogP contribution in [0.2, 0.25) is 0 Å². The highest BCUT2D eigenvalue weighted by molar-refractivity contribution is 5.32. The summed E-state index contributed by atoms with van der Waals surface area (Å²) in [4.78, 5) is 21.4. The topological polar surface area (TPSA) is 54.1 Å². The second-order valence-electron chi connectivity index (χ2n) is 4.46. The van der Waals surface area contributed by atoms with E-state index >= 15 is 0 Å². The molecule has 0 saturated carbocycles. The maximum absolute atomic E-state index is 9.86. The van der Waals surface area contributed by atoms with E-state index in [1.165, 1.54) is 12.8 Å². The first kappa shape index (κ1) is 16.7. The molecule has 1 atom stereocenters. The van der Waals surface area contributed by atoms with Crippen LogP contribution in [-0.4, -0.2) is 38.6 Å². The van der Waals surface area contributed by atoms with Gasteiger partial charge in [0.25, 0.3) is 0 Å². The first-order valence-corrected chi connectivity index (χ1v) is 6.77. The second-order valence-corrected chi connectivity index (χ2v) is 4.46. The minimum absolute atomic E-state index is 0.385. The van der Waals surface area contributed by atoms with E-state index in [0.717, 1.165) is 45.1 Å². The molecule has 0 saturated heterocycles. The third-order valence-electron chi connectivity index (χ3n) is 2.98. The van der Waals surface area contributed by atoms with E-state index in [9.17, 15) is 4.79 Å². The van der Waals surface area contributed by atoms with Gasteiger partial charge in [0.1, 0.15) is 0 Å². The standard InChI is InChI=1S/C14H25N3O/c1-15-11-7-3-5-9-14(16-2)10-6-4-8-12-17-13-18/h14H,1-12H2. The molecule has 0 aromatic rings. The Morgan fingerprint density at radius 1 is 0.889 bits per heavy atom. The van der Waals surface area contributed by atoms with Gasteiger partial charge in [0.05, 0.1) is 6.54 Å². The molecule has 0 aliphatic heterocycles. The van der Waals surface area contributed by atoms with Gasteiger partial charge >= 0.3 is 0 Å². The summed E-state index contributed by atoms with van der Waals surface area (Å²) in [5.41, 5.74) is 0. The van der Waals surface area contributed by atoms with Gasteiger partial charge in [-0.25, -0.2) is 9.79 Å². The number of isocyanates is 1. The Morgan fingerprint density at radius 3 is 2.00 bits per heavy atom. The molecule has 0 bridgehead atoms. The quantitative estimate of drug-likeness (QED) is 0.282. The fourth-order valence-electron chi connectivity index (χ4n) is 1.90. The van der Waals surface area contributed by atoms with Gasteiger partial charge in [-0.2, -0.15) is 0 Å². The molecule has 4 heteroatoms. The number of hydrogen-bond acceptors (Lipinski definition) is 4. The van der Waals surface area contributed by atoms with E-state index in [2.05, 4.69) is 28.4 Å². The summed E-state index contributed by atoms with van der Waals surface area (Å²) in [6.45, 7) is 8.59. The maximum Gasteiger partial charge on any atom is 0.234 e. The summed E-state index contributed by atoms with van der Waals surface area (Å²) < 4.78 is 0. The lowest BCUT2D eigenvalue weighted by Crippen LogP contribution is -2.04. The van der Waals surface area contributed by atoms with Gasteiger partial charge in [-0.3, -0.25) is 4.99 Å². The zero-order valence-electron chi connectivity index (χ0n) is 11.3. The molecule has 0 aliphatic carbocycles. The summed E-state index contributed by atoms with van der Waals surface area (Å²) in [5.74, 6) is 0. The van der Waals surface area contributed by atoms with Crippen molar-refractivity contribution in [2.75, 3.05) is 13.1 Å². The smallest absolute Gasteiger partial charge is 0.234 e. The lowest BCUT2D eigenvalue weighted by molar-refractivity contribution is 0.501. The summed E-state index contributed by atoms with van der Waals surface area (Å²) >= 11 is 0. The molecule has 0 radical (unpaired) electrons. The number of rotatable bonds is 13. The Balaban J connectivity index is 3.42. The Kier molecular flexibility index (Phi) is 12.8. The fraction of sp³-hybridized carbons (Fsp3) is 0.786. The zero-order chi connectivity index (χ0) is 13.5. The van der Waals surface area contributed by atoms with Gasteiger partial charge < -0.3 is 4.99 Å². The number of nitrogens with zero attached hydrogens (tertiary/aromatic N) is 3. The first-order chi connectivity index (χ1) is 8.85. The minimum atomic E-state index is 0.385.